The lowest BCUT2D eigenvalue weighted by atomic mass is 10.1. The lowest BCUT2D eigenvalue weighted by Gasteiger charge is -2.38. The monoisotopic (exact) mass is 360 g/mol. The van der Waals surface area contributed by atoms with E-state index < -0.39 is 0 Å². The minimum absolute atomic E-state index is 0.0181. The van der Waals surface area contributed by atoms with E-state index in [0.29, 0.717) is 52.4 Å². The molecule has 142 valence electrons. The van der Waals surface area contributed by atoms with Gasteiger partial charge < -0.3 is 20.3 Å². The van der Waals surface area contributed by atoms with Crippen molar-refractivity contribution in [2.45, 2.75) is 25.6 Å². The fourth-order valence-electron chi connectivity index (χ4n) is 3.39. The van der Waals surface area contributed by atoms with Gasteiger partial charge in [-0.1, -0.05) is 30.3 Å². The summed E-state index contributed by atoms with van der Waals surface area (Å²) >= 11 is 0. The van der Waals surface area contributed by atoms with Gasteiger partial charge >= 0.3 is 0 Å². The summed E-state index contributed by atoms with van der Waals surface area (Å²) in [5.41, 5.74) is 1.09. The van der Waals surface area contributed by atoms with Crippen molar-refractivity contribution in [3.63, 3.8) is 0 Å². The van der Waals surface area contributed by atoms with Crippen LogP contribution in [-0.2, 0) is 20.9 Å². The van der Waals surface area contributed by atoms with E-state index in [1.54, 1.807) is 0 Å². The molecule has 0 saturated carbocycles. The van der Waals surface area contributed by atoms with Crippen LogP contribution in [0.5, 0.6) is 0 Å². The molecule has 0 radical (unpaired) electrons. The van der Waals surface area contributed by atoms with Crippen molar-refractivity contribution in [3.05, 3.63) is 35.9 Å². The minimum Gasteiger partial charge on any atom is -0.375 e. The van der Waals surface area contributed by atoms with Gasteiger partial charge in [-0.05, 0) is 12.5 Å². The number of amides is 2. The highest BCUT2D eigenvalue weighted by atomic mass is 16.5. The highest BCUT2D eigenvalue weighted by Gasteiger charge is 2.33. The smallest absolute Gasteiger partial charge is 0.242 e. The van der Waals surface area contributed by atoms with Crippen molar-refractivity contribution < 1.29 is 14.3 Å². The summed E-state index contributed by atoms with van der Waals surface area (Å²) < 4.78 is 5.57. The molecule has 1 aromatic carbocycles. The fraction of sp³-hybridized carbons (Fsp3) is 0.579. The maximum absolute atomic E-state index is 12.6. The summed E-state index contributed by atoms with van der Waals surface area (Å²) in [5, 5.41) is 6.20. The van der Waals surface area contributed by atoms with Crippen LogP contribution in [0.15, 0.2) is 30.3 Å². The second kappa shape index (κ2) is 9.12. The summed E-state index contributed by atoms with van der Waals surface area (Å²) in [6.45, 7) is 6.94. The second-order valence-corrected chi connectivity index (χ2v) is 6.87. The zero-order chi connectivity index (χ0) is 18.4. The summed E-state index contributed by atoms with van der Waals surface area (Å²) in [7, 11) is 0. The highest BCUT2D eigenvalue weighted by Crippen LogP contribution is 2.10. The van der Waals surface area contributed by atoms with Crippen LogP contribution in [0.4, 0.5) is 0 Å². The first-order chi connectivity index (χ1) is 12.6. The Morgan fingerprint density at radius 1 is 1.19 bits per heavy atom. The topological polar surface area (TPSA) is 73.9 Å². The molecule has 7 heteroatoms. The zero-order valence-corrected chi connectivity index (χ0v) is 15.3. The van der Waals surface area contributed by atoms with E-state index in [1.807, 2.05) is 42.2 Å². The van der Waals surface area contributed by atoms with Crippen molar-refractivity contribution >= 4 is 11.8 Å². The number of morpholine rings is 1. The van der Waals surface area contributed by atoms with E-state index in [1.165, 1.54) is 0 Å². The summed E-state index contributed by atoms with van der Waals surface area (Å²) in [6, 6.07) is 9.62. The Kier molecular flexibility index (Phi) is 6.60. The minimum atomic E-state index is -0.260. The summed E-state index contributed by atoms with van der Waals surface area (Å²) in [6.07, 6.45) is -0.0990. The summed E-state index contributed by atoms with van der Waals surface area (Å²) in [5.74, 6) is 0.120. The Balaban J connectivity index is 1.39. The average Bonchev–Trinajstić information content (AvgIpc) is 2.68. The first kappa shape index (κ1) is 18.8. The van der Waals surface area contributed by atoms with Crippen LogP contribution in [0.3, 0.4) is 0 Å². The first-order valence-electron chi connectivity index (χ1n) is 9.30. The standard InChI is InChI=1S/C19H28N4O3/c1-15-18(20-7-12-26-15)19(25)23-10-8-22(9-11-23)14-17(24)21-13-16-5-3-2-4-6-16/h2-6,15,18,20H,7-14H2,1H3,(H,21,24)/t15-,18+/m1/s1. The van der Waals surface area contributed by atoms with Gasteiger partial charge in [-0.2, -0.15) is 0 Å². The molecule has 0 aliphatic carbocycles. The van der Waals surface area contributed by atoms with Crippen LogP contribution in [0.1, 0.15) is 12.5 Å². The van der Waals surface area contributed by atoms with Crippen molar-refractivity contribution in [3.8, 4) is 0 Å². The Hall–Kier alpha value is -1.96. The quantitative estimate of drug-likeness (QED) is 0.762. The molecule has 2 aliphatic rings. The highest BCUT2D eigenvalue weighted by molar-refractivity contribution is 5.83. The second-order valence-electron chi connectivity index (χ2n) is 6.87. The molecular weight excluding hydrogens is 332 g/mol. The van der Waals surface area contributed by atoms with Crippen molar-refractivity contribution in [2.75, 3.05) is 45.9 Å². The van der Waals surface area contributed by atoms with Crippen LogP contribution in [-0.4, -0.2) is 79.6 Å². The van der Waals surface area contributed by atoms with Gasteiger partial charge in [0.05, 0.1) is 19.3 Å². The number of ether oxygens (including phenoxy) is 1. The van der Waals surface area contributed by atoms with E-state index in [-0.39, 0.29) is 24.0 Å². The van der Waals surface area contributed by atoms with Crippen molar-refractivity contribution in [2.24, 2.45) is 0 Å². The van der Waals surface area contributed by atoms with Gasteiger partial charge in [0.25, 0.3) is 0 Å². The maximum Gasteiger partial charge on any atom is 0.242 e. The largest absolute Gasteiger partial charge is 0.375 e. The number of hydrogen-bond donors (Lipinski definition) is 2. The van der Waals surface area contributed by atoms with Gasteiger partial charge in [0, 0.05) is 39.3 Å². The SMILES string of the molecule is C[C@H]1OCCN[C@@H]1C(=O)N1CCN(CC(=O)NCc2ccccc2)CC1. The van der Waals surface area contributed by atoms with Crippen LogP contribution in [0, 0.1) is 0 Å². The molecule has 2 atom stereocenters. The average molecular weight is 360 g/mol. The maximum atomic E-state index is 12.6. The molecule has 0 unspecified atom stereocenters. The van der Waals surface area contributed by atoms with Crippen molar-refractivity contribution in [1.29, 1.82) is 0 Å². The third-order valence-corrected chi connectivity index (χ3v) is 4.97. The van der Waals surface area contributed by atoms with Crippen LogP contribution >= 0.6 is 0 Å². The Morgan fingerprint density at radius 3 is 2.62 bits per heavy atom. The molecule has 26 heavy (non-hydrogen) atoms. The number of nitrogens with zero attached hydrogens (tertiary/aromatic N) is 2. The number of carbonyl (C=O) groups is 2. The molecule has 2 N–H and O–H groups in total. The van der Waals surface area contributed by atoms with Gasteiger partial charge in [0.15, 0.2) is 0 Å². The number of carbonyl (C=O) groups excluding carboxylic acids is 2. The summed E-state index contributed by atoms with van der Waals surface area (Å²) in [4.78, 5) is 28.7. The molecule has 0 aromatic heterocycles. The van der Waals surface area contributed by atoms with E-state index in [0.717, 1.165) is 5.56 Å². The molecule has 0 spiro atoms. The predicted octanol–water partition coefficient (Wildman–Crippen LogP) is -0.176. The molecule has 2 fully saturated rings. The van der Waals surface area contributed by atoms with Crippen LogP contribution in [0.25, 0.3) is 0 Å². The van der Waals surface area contributed by atoms with Gasteiger partial charge in [0.2, 0.25) is 11.8 Å². The number of piperazine rings is 1. The Bertz CT molecular complexity index is 602. The molecule has 0 bridgehead atoms. The number of benzene rings is 1. The van der Waals surface area contributed by atoms with Crippen LogP contribution in [0.2, 0.25) is 0 Å². The predicted molar refractivity (Wildman–Crippen MR) is 98.5 cm³/mol. The van der Waals surface area contributed by atoms with E-state index >= 15 is 0 Å². The molecule has 3 rings (SSSR count). The molecule has 2 amide bonds. The zero-order valence-electron chi connectivity index (χ0n) is 15.3. The fourth-order valence-corrected chi connectivity index (χ4v) is 3.39. The molecule has 7 nitrogen and oxygen atoms in total. The van der Waals surface area contributed by atoms with Gasteiger partial charge in [-0.3, -0.25) is 14.5 Å². The molecule has 2 heterocycles. The first-order valence-corrected chi connectivity index (χ1v) is 9.30. The van der Waals surface area contributed by atoms with E-state index in [9.17, 15) is 9.59 Å². The van der Waals surface area contributed by atoms with Gasteiger partial charge in [-0.15, -0.1) is 0 Å². The normalized spacial score (nSPS) is 24.3. The van der Waals surface area contributed by atoms with Crippen LogP contribution < -0.4 is 10.6 Å². The Morgan fingerprint density at radius 2 is 1.92 bits per heavy atom. The van der Waals surface area contributed by atoms with Gasteiger partial charge in [-0.25, -0.2) is 0 Å². The lowest BCUT2D eigenvalue weighted by molar-refractivity contribution is -0.141. The third-order valence-electron chi connectivity index (χ3n) is 4.97. The number of hydrogen-bond acceptors (Lipinski definition) is 5. The van der Waals surface area contributed by atoms with E-state index in [4.69, 9.17) is 4.74 Å². The number of rotatable bonds is 5. The molecule has 2 saturated heterocycles. The lowest BCUT2D eigenvalue weighted by Crippen LogP contribution is -2.60. The van der Waals surface area contributed by atoms with Gasteiger partial charge in [0.1, 0.15) is 6.04 Å². The third kappa shape index (κ3) is 5.03. The van der Waals surface area contributed by atoms with E-state index in [2.05, 4.69) is 15.5 Å². The number of nitrogens with one attached hydrogen (secondary N) is 2. The molecule has 1 aromatic rings. The van der Waals surface area contributed by atoms with Crippen molar-refractivity contribution in [1.82, 2.24) is 20.4 Å². The molecule has 2 aliphatic heterocycles. The Labute approximate surface area is 154 Å². The molecular formula is C19H28N4O3.